The Balaban J connectivity index is 1.33. The Kier molecular flexibility index (Phi) is 10.9. The number of hydrogen-bond acceptors (Lipinski definition) is 11. The molecule has 2 fully saturated rings. The number of carboxylic acid groups (broad SMARTS) is 1. The highest BCUT2D eigenvalue weighted by Gasteiger charge is 2.36. The second kappa shape index (κ2) is 15.4. The summed E-state index contributed by atoms with van der Waals surface area (Å²) in [5.74, 6) is 0.416. The quantitative estimate of drug-likeness (QED) is 0.170. The SMILES string of the molecule is CCOc1ncc(C(F)(F)F)cc1-c1cc(N(C)CC2(COC)CCCC2)c2[nH]c(-c3cnc(N4CCN(CCCC(=O)O)CC4)cn3)nc2n1. The van der Waals surface area contributed by atoms with E-state index in [9.17, 15) is 18.0 Å². The Morgan fingerprint density at radius 2 is 1.80 bits per heavy atom. The second-order valence-electron chi connectivity index (χ2n) is 13.4. The smallest absolute Gasteiger partial charge is 0.417 e. The Morgan fingerprint density at radius 3 is 2.45 bits per heavy atom. The van der Waals surface area contributed by atoms with Gasteiger partial charge in [0.05, 0.1) is 48.1 Å². The number of anilines is 2. The van der Waals surface area contributed by atoms with Gasteiger partial charge in [-0.15, -0.1) is 0 Å². The molecule has 0 spiro atoms. The average Bonchev–Trinajstić information content (AvgIpc) is 3.75. The van der Waals surface area contributed by atoms with Gasteiger partial charge in [0.25, 0.3) is 0 Å². The van der Waals surface area contributed by atoms with Gasteiger partial charge >= 0.3 is 12.1 Å². The van der Waals surface area contributed by atoms with Crippen molar-refractivity contribution in [1.29, 1.82) is 0 Å². The molecule has 0 amide bonds. The van der Waals surface area contributed by atoms with E-state index in [-0.39, 0.29) is 35.6 Å². The van der Waals surface area contributed by atoms with Crippen LogP contribution >= 0.6 is 0 Å². The number of piperazine rings is 1. The van der Waals surface area contributed by atoms with E-state index >= 15 is 0 Å². The first kappa shape index (κ1) is 36.2. The molecule has 6 rings (SSSR count). The van der Waals surface area contributed by atoms with E-state index in [2.05, 4.69) is 34.6 Å². The van der Waals surface area contributed by atoms with E-state index in [0.29, 0.717) is 47.9 Å². The Morgan fingerprint density at radius 1 is 1.04 bits per heavy atom. The third-order valence-electron chi connectivity index (χ3n) is 9.72. The summed E-state index contributed by atoms with van der Waals surface area (Å²) in [6.45, 7) is 7.04. The minimum atomic E-state index is -4.61. The molecule has 0 bridgehead atoms. The normalized spacial score (nSPS) is 16.5. The van der Waals surface area contributed by atoms with E-state index < -0.39 is 17.7 Å². The standard InChI is InChI=1S/C35H44F3N9O4/c1-4-51-33-24(16-23(18-41-33)35(36,37)38)25-17-27(45(2)21-34(22-50-3)9-5-6-10-34)30-32(42-25)44-31(43-30)26-19-40-28(20-39-26)47-14-12-46(13-15-47)11-7-8-29(48)49/h16-20H,4-15,21-22H2,1-3H3,(H,48,49)(H,42,43,44). The lowest BCUT2D eigenvalue weighted by atomic mass is 9.86. The van der Waals surface area contributed by atoms with Crippen molar-refractivity contribution in [3.05, 3.63) is 36.3 Å². The fourth-order valence-corrected chi connectivity index (χ4v) is 7.20. The molecular weight excluding hydrogens is 667 g/mol. The summed E-state index contributed by atoms with van der Waals surface area (Å²) < 4.78 is 52.9. The number of H-pyrrole nitrogens is 1. The van der Waals surface area contributed by atoms with Crippen LogP contribution in [0.5, 0.6) is 5.88 Å². The average molecular weight is 712 g/mol. The van der Waals surface area contributed by atoms with Crippen LogP contribution in [0.25, 0.3) is 33.9 Å². The molecule has 0 radical (unpaired) electrons. The topological polar surface area (TPSA) is 146 Å². The van der Waals surface area contributed by atoms with Crippen molar-refractivity contribution < 1.29 is 32.5 Å². The fourth-order valence-electron chi connectivity index (χ4n) is 7.20. The zero-order valence-corrected chi connectivity index (χ0v) is 29.2. The van der Waals surface area contributed by atoms with Crippen LogP contribution in [0.3, 0.4) is 0 Å². The first-order valence-corrected chi connectivity index (χ1v) is 17.3. The van der Waals surface area contributed by atoms with Gasteiger partial charge in [0.2, 0.25) is 5.88 Å². The van der Waals surface area contributed by atoms with E-state index in [1.165, 1.54) is 0 Å². The number of alkyl halides is 3. The largest absolute Gasteiger partial charge is 0.481 e. The lowest BCUT2D eigenvalue weighted by molar-refractivity contribution is -0.138. The lowest BCUT2D eigenvalue weighted by Gasteiger charge is -2.35. The van der Waals surface area contributed by atoms with Gasteiger partial charge in [0.15, 0.2) is 11.5 Å². The molecule has 2 aliphatic rings. The number of rotatable bonds is 14. The number of imidazole rings is 1. The van der Waals surface area contributed by atoms with E-state index in [0.717, 1.165) is 76.5 Å². The summed E-state index contributed by atoms with van der Waals surface area (Å²) in [6.07, 6.45) is 4.51. The third kappa shape index (κ3) is 8.33. The van der Waals surface area contributed by atoms with Crippen LogP contribution in [0.15, 0.2) is 30.7 Å². The molecule has 1 aliphatic carbocycles. The molecule has 274 valence electrons. The molecule has 16 heteroatoms. The highest BCUT2D eigenvalue weighted by molar-refractivity contribution is 5.91. The summed E-state index contributed by atoms with van der Waals surface area (Å²) >= 11 is 0. The van der Waals surface area contributed by atoms with E-state index in [1.54, 1.807) is 32.5 Å². The van der Waals surface area contributed by atoms with Crippen molar-refractivity contribution in [1.82, 2.24) is 34.8 Å². The number of ether oxygens (including phenoxy) is 2. The summed E-state index contributed by atoms with van der Waals surface area (Å²) in [5.41, 5.74) is 1.52. The third-order valence-corrected chi connectivity index (χ3v) is 9.72. The number of fused-ring (bicyclic) bond motifs is 1. The number of aromatic amines is 1. The van der Waals surface area contributed by atoms with Gasteiger partial charge in [-0.1, -0.05) is 12.8 Å². The van der Waals surface area contributed by atoms with Crippen molar-refractivity contribution in [2.24, 2.45) is 5.41 Å². The van der Waals surface area contributed by atoms with Crippen LogP contribution in [0.2, 0.25) is 0 Å². The minimum Gasteiger partial charge on any atom is -0.481 e. The number of hydrogen-bond donors (Lipinski definition) is 2. The predicted octanol–water partition coefficient (Wildman–Crippen LogP) is 5.52. The number of aliphatic carboxylic acids is 1. The highest BCUT2D eigenvalue weighted by atomic mass is 19.4. The van der Waals surface area contributed by atoms with Gasteiger partial charge in [-0.25, -0.2) is 24.9 Å². The van der Waals surface area contributed by atoms with E-state index in [1.807, 2.05) is 7.05 Å². The summed E-state index contributed by atoms with van der Waals surface area (Å²) in [7, 11) is 3.67. The molecule has 2 N–H and O–H groups in total. The maximum absolute atomic E-state index is 13.9. The lowest BCUT2D eigenvalue weighted by Crippen LogP contribution is -2.47. The maximum Gasteiger partial charge on any atom is 0.417 e. The van der Waals surface area contributed by atoms with Gasteiger partial charge in [-0.2, -0.15) is 13.2 Å². The Bertz CT molecular complexity index is 1800. The molecule has 5 heterocycles. The first-order chi connectivity index (χ1) is 24.5. The van der Waals surface area contributed by atoms with Gasteiger partial charge in [0.1, 0.15) is 17.0 Å². The monoisotopic (exact) mass is 711 g/mol. The number of methoxy groups -OCH3 is 1. The Hall–Kier alpha value is -4.57. The molecule has 4 aromatic heterocycles. The van der Waals surface area contributed by atoms with Crippen LogP contribution in [-0.4, -0.2) is 113 Å². The van der Waals surface area contributed by atoms with Crippen molar-refractivity contribution in [3.63, 3.8) is 0 Å². The van der Waals surface area contributed by atoms with Gasteiger partial charge in [-0.3, -0.25) is 9.69 Å². The van der Waals surface area contributed by atoms with Crippen LogP contribution in [-0.2, 0) is 15.7 Å². The minimum absolute atomic E-state index is 0.0518. The molecule has 4 aromatic rings. The number of halogens is 3. The van der Waals surface area contributed by atoms with Crippen molar-refractivity contribution in [2.45, 2.75) is 51.6 Å². The van der Waals surface area contributed by atoms with Gasteiger partial charge in [0, 0.05) is 64.9 Å². The number of carboxylic acids is 1. The highest BCUT2D eigenvalue weighted by Crippen LogP contribution is 2.42. The number of aromatic nitrogens is 6. The zero-order chi connectivity index (χ0) is 36.2. The number of nitrogens with zero attached hydrogens (tertiary/aromatic N) is 8. The van der Waals surface area contributed by atoms with Crippen LogP contribution in [0.4, 0.5) is 24.7 Å². The van der Waals surface area contributed by atoms with Crippen LogP contribution in [0, 0.1) is 5.41 Å². The molecule has 1 aliphatic heterocycles. The van der Waals surface area contributed by atoms with Crippen molar-refractivity contribution in [2.75, 3.05) is 76.4 Å². The number of carbonyl (C=O) groups is 1. The Labute approximate surface area is 294 Å². The maximum atomic E-state index is 13.9. The molecular formula is C35H44F3N9O4. The van der Waals surface area contributed by atoms with E-state index in [4.69, 9.17) is 24.5 Å². The molecule has 0 aromatic carbocycles. The van der Waals surface area contributed by atoms with Crippen LogP contribution in [0.1, 0.15) is 51.0 Å². The first-order valence-electron chi connectivity index (χ1n) is 17.3. The molecule has 1 saturated heterocycles. The zero-order valence-electron chi connectivity index (χ0n) is 29.2. The number of nitrogens with one attached hydrogen (secondary N) is 1. The number of pyridine rings is 2. The molecule has 13 nitrogen and oxygen atoms in total. The van der Waals surface area contributed by atoms with Crippen molar-refractivity contribution >= 4 is 28.6 Å². The molecule has 51 heavy (non-hydrogen) atoms. The summed E-state index contributed by atoms with van der Waals surface area (Å²) in [4.78, 5) is 43.6. The molecule has 1 saturated carbocycles. The second-order valence-corrected chi connectivity index (χ2v) is 13.4. The van der Waals surface area contributed by atoms with Gasteiger partial charge < -0.3 is 29.4 Å². The fraction of sp³-hybridized carbons (Fsp3) is 0.543. The van der Waals surface area contributed by atoms with Crippen LogP contribution < -0.4 is 14.5 Å². The predicted molar refractivity (Wildman–Crippen MR) is 186 cm³/mol. The molecule has 0 atom stereocenters. The summed E-state index contributed by atoms with van der Waals surface area (Å²) in [6, 6.07) is 2.78. The van der Waals surface area contributed by atoms with Gasteiger partial charge in [-0.05, 0) is 44.9 Å². The molecule has 0 unspecified atom stereocenters. The van der Waals surface area contributed by atoms with Crippen molar-refractivity contribution in [3.8, 4) is 28.7 Å². The summed E-state index contributed by atoms with van der Waals surface area (Å²) in [5, 5.41) is 8.92.